The van der Waals surface area contributed by atoms with Gasteiger partial charge >= 0.3 is 0 Å². The number of rotatable bonds is 4. The lowest BCUT2D eigenvalue weighted by atomic mass is 10.1. The van der Waals surface area contributed by atoms with Crippen molar-refractivity contribution in [3.8, 4) is 0 Å². The Morgan fingerprint density at radius 2 is 2.26 bits per heavy atom. The Bertz CT molecular complexity index is 675. The topological polar surface area (TPSA) is 107 Å². The van der Waals surface area contributed by atoms with E-state index in [9.17, 15) is 13.2 Å². The number of sulfonamides is 1. The summed E-state index contributed by atoms with van der Waals surface area (Å²) in [7, 11) is -3.22. The SMILES string of the molecule is CS(=O)(=O)N1CCC[C@@H]1CNC(=O)c1n[nH]c2c1CNCC2.Cl. The first-order chi connectivity index (χ1) is 10.5. The van der Waals surface area contributed by atoms with Gasteiger partial charge in [0.05, 0.1) is 6.26 Å². The lowest BCUT2D eigenvalue weighted by Crippen LogP contribution is -2.43. The lowest BCUT2D eigenvalue weighted by molar-refractivity contribution is 0.0940. The highest BCUT2D eigenvalue weighted by Gasteiger charge is 2.32. The molecule has 2 aliphatic heterocycles. The zero-order valence-electron chi connectivity index (χ0n) is 13.0. The summed E-state index contributed by atoms with van der Waals surface area (Å²) in [4.78, 5) is 12.3. The fraction of sp³-hybridized carbons (Fsp3) is 0.692. The summed E-state index contributed by atoms with van der Waals surface area (Å²) in [5.74, 6) is -0.249. The van der Waals surface area contributed by atoms with Crippen LogP contribution in [0.1, 0.15) is 34.6 Å². The van der Waals surface area contributed by atoms with E-state index in [2.05, 4.69) is 20.8 Å². The molecular formula is C13H22ClN5O3S. The average molecular weight is 364 g/mol. The smallest absolute Gasteiger partial charge is 0.272 e. The van der Waals surface area contributed by atoms with Crippen LogP contribution in [0.25, 0.3) is 0 Å². The molecule has 1 fully saturated rings. The van der Waals surface area contributed by atoms with Gasteiger partial charge in [-0.15, -0.1) is 12.4 Å². The number of aromatic nitrogens is 2. The molecule has 2 aliphatic rings. The Kier molecular flexibility index (Phi) is 5.66. The predicted octanol–water partition coefficient (Wildman–Crippen LogP) is -0.369. The minimum absolute atomic E-state index is 0. The van der Waals surface area contributed by atoms with Crippen LogP contribution in [0.15, 0.2) is 0 Å². The van der Waals surface area contributed by atoms with E-state index in [0.29, 0.717) is 25.3 Å². The third-order valence-electron chi connectivity index (χ3n) is 4.27. The maximum absolute atomic E-state index is 12.3. The predicted molar refractivity (Wildman–Crippen MR) is 88.2 cm³/mol. The van der Waals surface area contributed by atoms with Gasteiger partial charge in [-0.1, -0.05) is 0 Å². The second-order valence-corrected chi connectivity index (χ2v) is 7.77. The molecule has 3 rings (SSSR count). The van der Waals surface area contributed by atoms with Gasteiger partial charge in [0, 0.05) is 49.9 Å². The van der Waals surface area contributed by atoms with Crippen molar-refractivity contribution >= 4 is 28.3 Å². The molecule has 0 radical (unpaired) electrons. The van der Waals surface area contributed by atoms with E-state index < -0.39 is 10.0 Å². The highest BCUT2D eigenvalue weighted by atomic mass is 35.5. The number of halogens is 1. The first kappa shape index (κ1) is 18.2. The third kappa shape index (κ3) is 3.85. The molecule has 1 saturated heterocycles. The highest BCUT2D eigenvalue weighted by Crippen LogP contribution is 2.20. The molecule has 1 aromatic heterocycles. The van der Waals surface area contributed by atoms with Crippen molar-refractivity contribution in [3.63, 3.8) is 0 Å². The molecular weight excluding hydrogens is 342 g/mol. The summed E-state index contributed by atoms with van der Waals surface area (Å²) in [5, 5.41) is 13.1. The van der Waals surface area contributed by atoms with Crippen LogP contribution in [0, 0.1) is 0 Å². The van der Waals surface area contributed by atoms with E-state index >= 15 is 0 Å². The van der Waals surface area contributed by atoms with Crippen molar-refractivity contribution in [2.45, 2.75) is 31.8 Å². The molecule has 0 aliphatic carbocycles. The van der Waals surface area contributed by atoms with Gasteiger partial charge in [-0.3, -0.25) is 9.89 Å². The van der Waals surface area contributed by atoms with E-state index in [1.54, 1.807) is 0 Å². The Morgan fingerprint density at radius 3 is 3.00 bits per heavy atom. The minimum atomic E-state index is -3.22. The molecule has 0 aromatic carbocycles. The lowest BCUT2D eigenvalue weighted by Gasteiger charge is -2.22. The third-order valence-corrected chi connectivity index (χ3v) is 5.60. The van der Waals surface area contributed by atoms with Crippen LogP contribution in [-0.2, 0) is 23.0 Å². The molecule has 0 unspecified atom stereocenters. The standard InChI is InChI=1S/C13H21N5O3S.ClH/c1-22(20,21)18-6-2-3-9(18)7-15-13(19)12-10-8-14-5-4-11(10)16-17-12;/h9,14H,2-8H2,1H3,(H,15,19)(H,16,17);1H/t9-;/m1./s1. The largest absolute Gasteiger partial charge is 0.349 e. The van der Waals surface area contributed by atoms with Gasteiger partial charge in [-0.05, 0) is 12.8 Å². The zero-order valence-corrected chi connectivity index (χ0v) is 14.6. The van der Waals surface area contributed by atoms with E-state index in [1.165, 1.54) is 10.6 Å². The number of hydrogen-bond donors (Lipinski definition) is 3. The number of nitrogens with zero attached hydrogens (tertiary/aromatic N) is 2. The van der Waals surface area contributed by atoms with Crippen molar-refractivity contribution in [2.75, 3.05) is 25.9 Å². The highest BCUT2D eigenvalue weighted by molar-refractivity contribution is 7.88. The maximum Gasteiger partial charge on any atom is 0.272 e. The van der Waals surface area contributed by atoms with Gasteiger partial charge in [0.15, 0.2) is 5.69 Å². The van der Waals surface area contributed by atoms with Gasteiger partial charge in [-0.2, -0.15) is 9.40 Å². The number of aromatic amines is 1. The molecule has 1 amide bonds. The van der Waals surface area contributed by atoms with E-state index in [0.717, 1.165) is 37.1 Å². The van der Waals surface area contributed by atoms with Crippen LogP contribution in [0.5, 0.6) is 0 Å². The number of amides is 1. The number of fused-ring (bicyclic) bond motifs is 1. The van der Waals surface area contributed by atoms with Gasteiger partial charge in [-0.25, -0.2) is 8.42 Å². The van der Waals surface area contributed by atoms with Gasteiger partial charge in [0.1, 0.15) is 0 Å². The molecule has 0 saturated carbocycles. The van der Waals surface area contributed by atoms with Crippen LogP contribution in [-0.4, -0.2) is 60.8 Å². The Labute approximate surface area is 141 Å². The Morgan fingerprint density at radius 1 is 1.48 bits per heavy atom. The van der Waals surface area contributed by atoms with Gasteiger partial charge in [0.2, 0.25) is 10.0 Å². The van der Waals surface area contributed by atoms with Crippen LogP contribution >= 0.6 is 12.4 Å². The summed E-state index contributed by atoms with van der Waals surface area (Å²) < 4.78 is 24.9. The first-order valence-corrected chi connectivity index (χ1v) is 9.33. The van der Waals surface area contributed by atoms with Crippen molar-refractivity contribution < 1.29 is 13.2 Å². The van der Waals surface area contributed by atoms with Gasteiger partial charge in [0.25, 0.3) is 5.91 Å². The molecule has 10 heteroatoms. The summed E-state index contributed by atoms with van der Waals surface area (Å²) >= 11 is 0. The molecule has 23 heavy (non-hydrogen) atoms. The molecule has 8 nitrogen and oxygen atoms in total. The van der Waals surface area contributed by atoms with Crippen molar-refractivity contribution in [1.29, 1.82) is 0 Å². The van der Waals surface area contributed by atoms with Crippen molar-refractivity contribution in [2.24, 2.45) is 0 Å². The molecule has 3 N–H and O–H groups in total. The monoisotopic (exact) mass is 363 g/mol. The fourth-order valence-electron chi connectivity index (χ4n) is 3.16. The zero-order chi connectivity index (χ0) is 15.7. The van der Waals surface area contributed by atoms with E-state index in [1.807, 2.05) is 0 Å². The minimum Gasteiger partial charge on any atom is -0.349 e. The van der Waals surface area contributed by atoms with Crippen LogP contribution in [0.2, 0.25) is 0 Å². The fourth-order valence-corrected chi connectivity index (χ4v) is 4.34. The molecule has 0 bridgehead atoms. The molecule has 1 aromatic rings. The Hall–Kier alpha value is -1.16. The average Bonchev–Trinajstić information content (AvgIpc) is 3.11. The van der Waals surface area contributed by atoms with Crippen molar-refractivity contribution in [1.82, 2.24) is 25.1 Å². The molecule has 3 heterocycles. The summed E-state index contributed by atoms with van der Waals surface area (Å²) in [5.41, 5.74) is 2.32. The summed E-state index contributed by atoms with van der Waals surface area (Å²) in [6, 6.07) is -0.160. The van der Waals surface area contributed by atoms with E-state index in [-0.39, 0.29) is 24.4 Å². The summed E-state index contributed by atoms with van der Waals surface area (Å²) in [6.07, 6.45) is 3.64. The second-order valence-electron chi connectivity index (χ2n) is 5.84. The number of nitrogens with one attached hydrogen (secondary N) is 3. The van der Waals surface area contributed by atoms with Crippen LogP contribution in [0.3, 0.4) is 0 Å². The number of H-pyrrole nitrogens is 1. The number of carbonyl (C=O) groups excluding carboxylic acids is 1. The summed E-state index contributed by atoms with van der Waals surface area (Å²) in [6.45, 7) is 2.36. The quantitative estimate of drug-likeness (QED) is 0.676. The first-order valence-electron chi connectivity index (χ1n) is 7.48. The molecule has 0 spiro atoms. The molecule has 1 atom stereocenters. The number of hydrogen-bond acceptors (Lipinski definition) is 5. The second kappa shape index (κ2) is 7.16. The van der Waals surface area contributed by atoms with Crippen LogP contribution in [0.4, 0.5) is 0 Å². The van der Waals surface area contributed by atoms with E-state index in [4.69, 9.17) is 0 Å². The van der Waals surface area contributed by atoms with Crippen molar-refractivity contribution in [3.05, 3.63) is 17.0 Å². The van der Waals surface area contributed by atoms with Crippen LogP contribution < -0.4 is 10.6 Å². The molecule has 130 valence electrons. The van der Waals surface area contributed by atoms with Gasteiger partial charge < -0.3 is 10.6 Å². The number of carbonyl (C=O) groups is 1. The Balaban J connectivity index is 0.00000192. The maximum atomic E-state index is 12.3. The normalized spacial score (nSPS) is 21.5.